The number of rotatable bonds is 4. The smallest absolute Gasteiger partial charge is 0.300 e. The quantitative estimate of drug-likeness (QED) is 0.392. The van der Waals surface area contributed by atoms with E-state index < -0.39 is 42.8 Å². The maximum atomic E-state index is 11.7. The summed E-state index contributed by atoms with van der Waals surface area (Å²) >= 11 is 0. The second-order valence-electron chi connectivity index (χ2n) is 4.92. The molecule has 10 nitrogen and oxygen atoms in total. The summed E-state index contributed by atoms with van der Waals surface area (Å²) in [6.45, 7) is -0.545. The molecule has 10 heteroatoms. The Hall–Kier alpha value is -1.72. The van der Waals surface area contributed by atoms with E-state index in [1.807, 2.05) is 0 Å². The first-order valence-corrected chi connectivity index (χ1v) is 6.58. The van der Waals surface area contributed by atoms with Crippen molar-refractivity contribution in [3.05, 3.63) is 16.4 Å². The highest BCUT2D eigenvalue weighted by atomic mass is 16.6. The van der Waals surface area contributed by atoms with E-state index in [1.54, 1.807) is 0 Å². The first kappa shape index (κ1) is 16.6. The fourth-order valence-corrected chi connectivity index (χ4v) is 2.14. The third-order valence-corrected chi connectivity index (χ3v) is 3.46. The van der Waals surface area contributed by atoms with Gasteiger partial charge in [0.05, 0.1) is 13.7 Å². The minimum Gasteiger partial charge on any atom is -0.468 e. The minimum absolute atomic E-state index is 0.0413. The standard InChI is InChI=1S/C12H19N3O7/c1-15-7(17)3-6(14-12(15)21-2)13-11-10(20)9(19)8(18)5(4-16)22-11/h3,5,8-11,13,16,18-20H,4H2,1-2H3/t5-,8+,9+,10-,11+/m0/s1. The van der Waals surface area contributed by atoms with E-state index in [9.17, 15) is 20.1 Å². The monoisotopic (exact) mass is 317 g/mol. The molecule has 1 aromatic rings. The summed E-state index contributed by atoms with van der Waals surface area (Å²) in [6.07, 6.45) is -6.67. The van der Waals surface area contributed by atoms with Gasteiger partial charge in [0.25, 0.3) is 5.56 Å². The van der Waals surface area contributed by atoms with Gasteiger partial charge in [-0.1, -0.05) is 0 Å². The van der Waals surface area contributed by atoms with Crippen molar-refractivity contribution in [3.63, 3.8) is 0 Å². The molecule has 1 aromatic heterocycles. The summed E-state index contributed by atoms with van der Waals surface area (Å²) < 4.78 is 11.4. The first-order chi connectivity index (χ1) is 10.4. The Morgan fingerprint density at radius 2 is 2.05 bits per heavy atom. The first-order valence-electron chi connectivity index (χ1n) is 6.58. The average Bonchev–Trinajstić information content (AvgIpc) is 2.51. The van der Waals surface area contributed by atoms with Crippen LogP contribution in [0.5, 0.6) is 6.01 Å². The van der Waals surface area contributed by atoms with Crippen molar-refractivity contribution in [3.8, 4) is 6.01 Å². The predicted octanol–water partition coefficient (Wildman–Crippen LogP) is -3.00. The molecule has 2 heterocycles. The van der Waals surface area contributed by atoms with Crippen molar-refractivity contribution < 1.29 is 29.9 Å². The molecule has 5 atom stereocenters. The molecule has 0 saturated carbocycles. The SMILES string of the molecule is COc1nc(N[C@@H]2O[C@@H](CO)[C@@H](O)[C@@H](O)[C@@H]2O)cc(=O)n1C. The molecule has 0 aromatic carbocycles. The Labute approximate surface area is 125 Å². The number of aromatic nitrogens is 2. The largest absolute Gasteiger partial charge is 0.468 e. The van der Waals surface area contributed by atoms with Gasteiger partial charge in [-0.15, -0.1) is 0 Å². The van der Waals surface area contributed by atoms with Crippen LogP contribution in [0.1, 0.15) is 0 Å². The molecule has 1 saturated heterocycles. The Kier molecular flexibility index (Phi) is 4.98. The number of aliphatic hydroxyl groups is 4. The van der Waals surface area contributed by atoms with Gasteiger partial charge in [-0.3, -0.25) is 9.36 Å². The third kappa shape index (κ3) is 3.05. The molecule has 1 aliphatic rings. The number of ether oxygens (including phenoxy) is 2. The predicted molar refractivity (Wildman–Crippen MR) is 73.4 cm³/mol. The highest BCUT2D eigenvalue weighted by Crippen LogP contribution is 2.22. The number of methoxy groups -OCH3 is 1. The Morgan fingerprint density at radius 3 is 2.64 bits per heavy atom. The summed E-state index contributed by atoms with van der Waals surface area (Å²) in [5, 5.41) is 41.1. The van der Waals surface area contributed by atoms with Crippen LogP contribution < -0.4 is 15.6 Å². The number of hydrogen-bond acceptors (Lipinski definition) is 9. The fraction of sp³-hybridized carbons (Fsp3) is 0.667. The second kappa shape index (κ2) is 6.58. The van der Waals surface area contributed by atoms with Crippen LogP contribution in [0.2, 0.25) is 0 Å². The molecule has 124 valence electrons. The molecule has 0 spiro atoms. The molecule has 0 bridgehead atoms. The number of nitrogens with zero attached hydrogens (tertiary/aromatic N) is 2. The van der Waals surface area contributed by atoms with Crippen molar-refractivity contribution >= 4 is 5.82 Å². The van der Waals surface area contributed by atoms with Gasteiger partial charge in [0.2, 0.25) is 0 Å². The fourth-order valence-electron chi connectivity index (χ4n) is 2.14. The van der Waals surface area contributed by atoms with Crippen LogP contribution in [0.15, 0.2) is 10.9 Å². The van der Waals surface area contributed by atoms with Crippen LogP contribution in [0.4, 0.5) is 5.82 Å². The molecule has 0 amide bonds. The molecular formula is C12H19N3O7. The zero-order valence-electron chi connectivity index (χ0n) is 12.1. The molecule has 2 rings (SSSR count). The number of aliphatic hydroxyl groups excluding tert-OH is 4. The molecule has 5 N–H and O–H groups in total. The van der Waals surface area contributed by atoms with Gasteiger partial charge in [0, 0.05) is 13.1 Å². The van der Waals surface area contributed by atoms with Gasteiger partial charge in [-0.25, -0.2) is 0 Å². The maximum absolute atomic E-state index is 11.7. The zero-order valence-corrected chi connectivity index (χ0v) is 12.1. The van der Waals surface area contributed by atoms with Crippen molar-refractivity contribution in [2.24, 2.45) is 7.05 Å². The Bertz CT molecular complexity index is 576. The van der Waals surface area contributed by atoms with Crippen LogP contribution in [0, 0.1) is 0 Å². The Balaban J connectivity index is 2.22. The van der Waals surface area contributed by atoms with Gasteiger partial charge in [-0.05, 0) is 0 Å². The normalized spacial score (nSPS) is 31.8. The molecule has 1 aliphatic heterocycles. The Morgan fingerprint density at radius 1 is 1.36 bits per heavy atom. The van der Waals surface area contributed by atoms with Crippen molar-refractivity contribution in [1.29, 1.82) is 0 Å². The lowest BCUT2D eigenvalue weighted by Crippen LogP contribution is -2.60. The van der Waals surface area contributed by atoms with Gasteiger partial charge in [0.15, 0.2) is 6.23 Å². The van der Waals surface area contributed by atoms with Crippen LogP contribution in [-0.4, -0.2) is 74.3 Å². The van der Waals surface area contributed by atoms with E-state index in [0.29, 0.717) is 0 Å². The van der Waals surface area contributed by atoms with E-state index in [2.05, 4.69) is 10.3 Å². The van der Waals surface area contributed by atoms with E-state index in [-0.39, 0.29) is 11.8 Å². The second-order valence-corrected chi connectivity index (χ2v) is 4.92. The topological polar surface area (TPSA) is 146 Å². The summed E-state index contributed by atoms with van der Waals surface area (Å²) in [4.78, 5) is 15.8. The lowest BCUT2D eigenvalue weighted by molar-refractivity contribution is -0.221. The van der Waals surface area contributed by atoms with Crippen LogP contribution in [-0.2, 0) is 11.8 Å². The summed E-state index contributed by atoms with van der Waals surface area (Å²) in [5.74, 6) is 0.0595. The molecule has 22 heavy (non-hydrogen) atoms. The van der Waals surface area contributed by atoms with Crippen molar-refractivity contribution in [2.75, 3.05) is 19.0 Å². The highest BCUT2D eigenvalue weighted by Gasteiger charge is 2.43. The van der Waals surface area contributed by atoms with E-state index in [4.69, 9.17) is 14.6 Å². The van der Waals surface area contributed by atoms with E-state index in [0.717, 1.165) is 6.07 Å². The summed E-state index contributed by atoms with van der Waals surface area (Å²) in [6, 6.07) is 1.20. The number of anilines is 1. The molecule has 1 fully saturated rings. The molecule has 0 aliphatic carbocycles. The highest BCUT2D eigenvalue weighted by molar-refractivity contribution is 5.36. The van der Waals surface area contributed by atoms with Gasteiger partial charge in [0.1, 0.15) is 30.2 Å². The zero-order chi connectivity index (χ0) is 16.4. The number of nitrogens with one attached hydrogen (secondary N) is 1. The minimum atomic E-state index is -1.52. The number of hydrogen-bond donors (Lipinski definition) is 5. The molecule has 0 unspecified atom stereocenters. The molecule has 0 radical (unpaired) electrons. The van der Waals surface area contributed by atoms with E-state index in [1.165, 1.54) is 18.7 Å². The lowest BCUT2D eigenvalue weighted by atomic mass is 9.98. The van der Waals surface area contributed by atoms with Gasteiger partial charge < -0.3 is 35.2 Å². The molecular weight excluding hydrogens is 298 g/mol. The lowest BCUT2D eigenvalue weighted by Gasteiger charge is -2.40. The summed E-state index contributed by atoms with van der Waals surface area (Å²) in [7, 11) is 2.82. The van der Waals surface area contributed by atoms with Crippen molar-refractivity contribution in [1.82, 2.24) is 9.55 Å². The van der Waals surface area contributed by atoms with Gasteiger partial charge in [-0.2, -0.15) is 4.98 Å². The van der Waals surface area contributed by atoms with Crippen LogP contribution in [0.25, 0.3) is 0 Å². The maximum Gasteiger partial charge on any atom is 0.300 e. The van der Waals surface area contributed by atoms with E-state index >= 15 is 0 Å². The van der Waals surface area contributed by atoms with Crippen LogP contribution in [0.3, 0.4) is 0 Å². The van der Waals surface area contributed by atoms with Gasteiger partial charge >= 0.3 is 6.01 Å². The average molecular weight is 317 g/mol. The summed E-state index contributed by atoms with van der Waals surface area (Å²) in [5.41, 5.74) is -0.404. The van der Waals surface area contributed by atoms with Crippen molar-refractivity contribution in [2.45, 2.75) is 30.6 Å². The third-order valence-electron chi connectivity index (χ3n) is 3.46. The van der Waals surface area contributed by atoms with Crippen LogP contribution >= 0.6 is 0 Å².